The molecule has 1 N–H and O–H groups in total. The second kappa shape index (κ2) is 4.50. The van der Waals surface area contributed by atoms with Crippen molar-refractivity contribution in [2.45, 2.75) is 27.2 Å². The second-order valence-electron chi connectivity index (χ2n) is 5.53. The van der Waals surface area contributed by atoms with Gasteiger partial charge in [0.15, 0.2) is 0 Å². The van der Waals surface area contributed by atoms with Crippen LogP contribution in [0.25, 0.3) is 0 Å². The Kier molecular flexibility index (Phi) is 3.14. The van der Waals surface area contributed by atoms with Crippen LogP contribution in [-0.2, 0) is 4.79 Å². The van der Waals surface area contributed by atoms with Crippen molar-refractivity contribution in [3.63, 3.8) is 0 Å². The molecule has 0 bridgehead atoms. The van der Waals surface area contributed by atoms with Crippen LogP contribution in [0.15, 0.2) is 29.4 Å². The van der Waals surface area contributed by atoms with Gasteiger partial charge in [-0.25, -0.2) is 9.80 Å². The van der Waals surface area contributed by atoms with Gasteiger partial charge in [-0.05, 0) is 18.2 Å². The van der Waals surface area contributed by atoms with E-state index < -0.39 is 5.97 Å². The van der Waals surface area contributed by atoms with Gasteiger partial charge in [-0.2, -0.15) is 5.10 Å². The van der Waals surface area contributed by atoms with Crippen LogP contribution in [0.3, 0.4) is 0 Å². The summed E-state index contributed by atoms with van der Waals surface area (Å²) in [6.07, 6.45) is 0.279. The van der Waals surface area contributed by atoms with Gasteiger partial charge >= 0.3 is 5.97 Å². The molecule has 0 saturated carbocycles. The van der Waals surface area contributed by atoms with Crippen molar-refractivity contribution in [1.29, 1.82) is 0 Å². The van der Waals surface area contributed by atoms with E-state index in [1.807, 2.05) is 20.8 Å². The zero-order chi connectivity index (χ0) is 14.2. The largest absolute Gasteiger partial charge is 0.478 e. The fraction of sp³-hybridized carbons (Fsp3) is 0.357. The number of hydrogen-bond acceptors (Lipinski definition) is 3. The van der Waals surface area contributed by atoms with Crippen molar-refractivity contribution in [3.05, 3.63) is 29.8 Å². The normalized spacial score (nSPS) is 15.6. The number of hydrogen-bond donors (Lipinski definition) is 1. The van der Waals surface area contributed by atoms with Crippen LogP contribution in [0, 0.1) is 5.41 Å². The number of hydrazone groups is 1. The molecular weight excluding hydrogens is 244 g/mol. The Labute approximate surface area is 111 Å². The van der Waals surface area contributed by atoms with Crippen LogP contribution < -0.4 is 5.01 Å². The highest BCUT2D eigenvalue weighted by atomic mass is 16.4. The molecule has 1 heterocycles. The monoisotopic (exact) mass is 260 g/mol. The number of carbonyl (C=O) groups is 2. The van der Waals surface area contributed by atoms with Crippen LogP contribution in [-0.4, -0.2) is 22.7 Å². The van der Waals surface area contributed by atoms with Gasteiger partial charge in [0.1, 0.15) is 0 Å². The zero-order valence-corrected chi connectivity index (χ0v) is 11.2. The lowest BCUT2D eigenvalue weighted by Gasteiger charge is -2.16. The summed E-state index contributed by atoms with van der Waals surface area (Å²) < 4.78 is 0. The van der Waals surface area contributed by atoms with Gasteiger partial charge in [0.25, 0.3) is 5.91 Å². The minimum Gasteiger partial charge on any atom is -0.478 e. The highest BCUT2D eigenvalue weighted by Crippen LogP contribution is 2.28. The van der Waals surface area contributed by atoms with Gasteiger partial charge in [0.2, 0.25) is 0 Å². The average molecular weight is 260 g/mol. The van der Waals surface area contributed by atoms with E-state index in [4.69, 9.17) is 5.11 Å². The van der Waals surface area contributed by atoms with E-state index in [0.717, 1.165) is 5.71 Å². The first-order valence-corrected chi connectivity index (χ1v) is 6.03. The van der Waals surface area contributed by atoms with E-state index in [-0.39, 0.29) is 23.3 Å². The van der Waals surface area contributed by atoms with E-state index in [1.54, 1.807) is 12.1 Å². The summed E-state index contributed by atoms with van der Waals surface area (Å²) >= 11 is 0. The zero-order valence-electron chi connectivity index (χ0n) is 11.2. The minimum absolute atomic E-state index is 0.132. The molecule has 19 heavy (non-hydrogen) atoms. The fourth-order valence-electron chi connectivity index (χ4n) is 1.82. The van der Waals surface area contributed by atoms with Crippen LogP contribution >= 0.6 is 0 Å². The maximum Gasteiger partial charge on any atom is 0.335 e. The third kappa shape index (κ3) is 2.65. The molecule has 0 unspecified atom stereocenters. The van der Waals surface area contributed by atoms with Crippen molar-refractivity contribution in [1.82, 2.24) is 0 Å². The Hall–Kier alpha value is -2.17. The quantitative estimate of drug-likeness (QED) is 0.888. The molecule has 0 aliphatic carbocycles. The molecule has 1 aromatic carbocycles. The van der Waals surface area contributed by atoms with Gasteiger partial charge in [0, 0.05) is 5.41 Å². The first kappa shape index (κ1) is 13.3. The average Bonchev–Trinajstić information content (AvgIpc) is 2.71. The van der Waals surface area contributed by atoms with E-state index in [2.05, 4.69) is 5.10 Å². The summed E-state index contributed by atoms with van der Waals surface area (Å²) in [5.74, 6) is -1.15. The van der Waals surface area contributed by atoms with Crippen LogP contribution in [0.1, 0.15) is 37.6 Å². The number of rotatable bonds is 2. The van der Waals surface area contributed by atoms with Crippen molar-refractivity contribution in [3.8, 4) is 0 Å². The lowest BCUT2D eigenvalue weighted by molar-refractivity contribution is -0.116. The maximum atomic E-state index is 12.0. The molecule has 1 aromatic rings. The SMILES string of the molecule is CC(C)(C)C1=NN(c2cccc(C(=O)O)c2)C(=O)C1. The van der Waals surface area contributed by atoms with Crippen molar-refractivity contribution in [2.75, 3.05) is 5.01 Å². The number of carboxylic acids is 1. The van der Waals surface area contributed by atoms with E-state index in [0.29, 0.717) is 5.69 Å². The molecule has 1 aliphatic heterocycles. The number of carboxylic acid groups (broad SMARTS) is 1. The predicted molar refractivity (Wildman–Crippen MR) is 72.4 cm³/mol. The molecular formula is C14H16N2O3. The smallest absolute Gasteiger partial charge is 0.335 e. The molecule has 1 amide bonds. The van der Waals surface area contributed by atoms with Crippen LogP contribution in [0.4, 0.5) is 5.69 Å². The molecule has 2 rings (SSSR count). The first-order valence-electron chi connectivity index (χ1n) is 6.03. The highest BCUT2D eigenvalue weighted by Gasteiger charge is 2.32. The molecule has 5 nitrogen and oxygen atoms in total. The molecule has 0 saturated heterocycles. The highest BCUT2D eigenvalue weighted by molar-refractivity contribution is 6.14. The number of benzene rings is 1. The van der Waals surface area contributed by atoms with E-state index in [1.165, 1.54) is 17.1 Å². The first-order chi connectivity index (χ1) is 8.79. The standard InChI is InChI=1S/C14H16N2O3/c1-14(2,3)11-8-12(17)16(15-11)10-6-4-5-9(7-10)13(18)19/h4-7H,8H2,1-3H3,(H,18,19). The van der Waals surface area contributed by atoms with Crippen molar-refractivity contribution < 1.29 is 14.7 Å². The van der Waals surface area contributed by atoms with Gasteiger partial charge in [0.05, 0.1) is 23.4 Å². The minimum atomic E-state index is -1.02. The van der Waals surface area contributed by atoms with E-state index >= 15 is 0 Å². The Morgan fingerprint density at radius 1 is 1.37 bits per heavy atom. The summed E-state index contributed by atoms with van der Waals surface area (Å²) in [7, 11) is 0. The lowest BCUT2D eigenvalue weighted by atomic mass is 9.88. The lowest BCUT2D eigenvalue weighted by Crippen LogP contribution is -2.20. The molecule has 0 fully saturated rings. The van der Waals surface area contributed by atoms with Gasteiger partial charge in [-0.1, -0.05) is 26.8 Å². The molecule has 0 radical (unpaired) electrons. The Morgan fingerprint density at radius 3 is 2.58 bits per heavy atom. The third-order valence-electron chi connectivity index (χ3n) is 2.98. The Bertz CT molecular complexity index is 570. The molecule has 1 aliphatic rings. The van der Waals surface area contributed by atoms with Gasteiger partial charge < -0.3 is 5.11 Å². The number of carbonyl (C=O) groups excluding carboxylic acids is 1. The molecule has 5 heteroatoms. The van der Waals surface area contributed by atoms with Crippen molar-refractivity contribution in [2.24, 2.45) is 10.5 Å². The fourth-order valence-corrected chi connectivity index (χ4v) is 1.82. The maximum absolute atomic E-state index is 12.0. The number of anilines is 1. The number of aromatic carboxylic acids is 1. The summed E-state index contributed by atoms with van der Waals surface area (Å²) in [6, 6.07) is 6.23. The van der Waals surface area contributed by atoms with Gasteiger partial charge in [-0.3, -0.25) is 4.79 Å². The topological polar surface area (TPSA) is 70.0 Å². The second-order valence-corrected chi connectivity index (χ2v) is 5.53. The van der Waals surface area contributed by atoms with E-state index in [9.17, 15) is 9.59 Å². The summed E-state index contributed by atoms with van der Waals surface area (Å²) in [5.41, 5.74) is 1.27. The predicted octanol–water partition coefficient (Wildman–Crippen LogP) is 2.52. The third-order valence-corrected chi connectivity index (χ3v) is 2.98. The van der Waals surface area contributed by atoms with Gasteiger partial charge in [-0.15, -0.1) is 0 Å². The van der Waals surface area contributed by atoms with Crippen LogP contribution in [0.5, 0.6) is 0 Å². The summed E-state index contributed by atoms with van der Waals surface area (Å²) in [5, 5.41) is 14.6. The molecule has 0 spiro atoms. The number of amides is 1. The summed E-state index contributed by atoms with van der Waals surface area (Å²) in [6.45, 7) is 5.99. The number of nitrogens with zero attached hydrogens (tertiary/aromatic N) is 2. The molecule has 100 valence electrons. The Morgan fingerprint density at radius 2 is 2.05 bits per heavy atom. The van der Waals surface area contributed by atoms with Crippen LogP contribution in [0.2, 0.25) is 0 Å². The Balaban J connectivity index is 2.37. The summed E-state index contributed by atoms with van der Waals surface area (Å²) in [4.78, 5) is 22.9. The molecule has 0 aromatic heterocycles. The van der Waals surface area contributed by atoms with Crippen molar-refractivity contribution >= 4 is 23.3 Å². The molecule has 0 atom stereocenters.